The molecule has 0 spiro atoms. The average molecular weight is 942 g/mol. The smallest absolute Gasteiger partial charge is 0.0634 e. The van der Waals surface area contributed by atoms with Crippen molar-refractivity contribution in [3.05, 3.63) is 261 Å². The van der Waals surface area contributed by atoms with Crippen molar-refractivity contribution in [1.29, 1.82) is 0 Å². The Balaban J connectivity index is 1.08. The fraction of sp³-hybridized carbons (Fsp3) is 0. The summed E-state index contributed by atoms with van der Waals surface area (Å²) >= 11 is 3.75. The first-order valence-electron chi connectivity index (χ1n) is 24.1. The van der Waals surface area contributed by atoms with E-state index in [2.05, 4.69) is 275 Å². The fourth-order valence-electron chi connectivity index (χ4n) is 10.7. The predicted octanol–water partition coefficient (Wildman–Crippen LogP) is 19.8. The van der Waals surface area contributed by atoms with Gasteiger partial charge in [0.2, 0.25) is 0 Å². The molecular weight excluding hydrogens is 899 g/mol. The van der Waals surface area contributed by atoms with Crippen LogP contribution in [0.2, 0.25) is 0 Å². The Morgan fingerprint density at radius 1 is 0.296 bits per heavy atom. The summed E-state index contributed by atoms with van der Waals surface area (Å²) in [4.78, 5) is 4.86. The second-order valence-electron chi connectivity index (χ2n) is 18.1. The van der Waals surface area contributed by atoms with Gasteiger partial charge in [0.1, 0.15) is 0 Å². The molecule has 14 aromatic rings. The van der Waals surface area contributed by atoms with E-state index in [9.17, 15) is 0 Å². The molecule has 0 N–H and O–H groups in total. The van der Waals surface area contributed by atoms with Crippen molar-refractivity contribution in [2.24, 2.45) is 0 Å². The van der Waals surface area contributed by atoms with Gasteiger partial charge < -0.3 is 14.4 Å². The van der Waals surface area contributed by atoms with Gasteiger partial charge in [0.05, 0.1) is 11.0 Å². The highest BCUT2D eigenvalue weighted by molar-refractivity contribution is 7.26. The van der Waals surface area contributed by atoms with Crippen LogP contribution in [0.1, 0.15) is 0 Å². The second-order valence-corrected chi connectivity index (χ2v) is 20.2. The second kappa shape index (κ2) is 17.0. The van der Waals surface area contributed by atoms with Gasteiger partial charge in [0.25, 0.3) is 0 Å². The molecule has 0 aliphatic rings. The zero-order valence-corrected chi connectivity index (χ0v) is 40.1. The summed E-state index contributed by atoms with van der Waals surface area (Å²) in [6.07, 6.45) is 0. The van der Waals surface area contributed by atoms with Crippen molar-refractivity contribution in [3.63, 3.8) is 0 Å². The molecule has 14 rings (SSSR count). The number of anilines is 6. The Morgan fingerprint density at radius 3 is 1.49 bits per heavy atom. The summed E-state index contributed by atoms with van der Waals surface area (Å²) < 4.78 is 7.57. The van der Waals surface area contributed by atoms with E-state index in [1.807, 2.05) is 22.7 Å². The highest BCUT2D eigenvalue weighted by atomic mass is 32.1. The molecule has 0 bridgehead atoms. The molecule has 5 heteroatoms. The molecule has 11 aromatic carbocycles. The lowest BCUT2D eigenvalue weighted by Gasteiger charge is -2.30. The predicted molar refractivity (Wildman–Crippen MR) is 307 cm³/mol. The minimum atomic E-state index is 1.06. The van der Waals surface area contributed by atoms with Crippen LogP contribution in [0.5, 0.6) is 0 Å². The largest absolute Gasteiger partial charge is 0.310 e. The molecule has 0 aliphatic carbocycles. The van der Waals surface area contributed by atoms with Crippen LogP contribution in [0, 0.1) is 0 Å². The Kier molecular flexibility index (Phi) is 9.90. The van der Waals surface area contributed by atoms with E-state index in [1.165, 1.54) is 78.8 Å². The SMILES string of the molecule is c1ccc(-c2ccc(N(c3ccccc3)c3cc(-c4cc5c6ccccc6n(-c6ccccc6)c5c5c4sc4ccccc45)cc(N(c4ccccc4)c4ccc5c(c4)sc4ccccc45)c3)cc2)cc1. The van der Waals surface area contributed by atoms with Crippen LogP contribution >= 0.6 is 22.7 Å². The third kappa shape index (κ3) is 7.00. The molecule has 3 nitrogen and oxygen atoms in total. The van der Waals surface area contributed by atoms with Gasteiger partial charge in [-0.15, -0.1) is 22.7 Å². The number of thiophene rings is 2. The van der Waals surface area contributed by atoms with Gasteiger partial charge in [-0.1, -0.05) is 158 Å². The first-order valence-corrected chi connectivity index (χ1v) is 25.7. The standard InChI is InChI=1S/C66H43N3S2/c1-5-19-44(20-6-1)45-33-35-50(36-34-45)67(47-21-7-2-8-22-47)52-39-46(40-53(41-52)68(48-23-9-3-10-24-48)51-37-38-56-55-28-14-17-31-61(55)70-63(56)42-51)58-43-59-54-27-13-16-30-60(54)69(49-25-11-4-12-26-49)65(59)64-57-29-15-18-32-62(57)71-66(58)64/h1-43H. The summed E-state index contributed by atoms with van der Waals surface area (Å²) in [5.74, 6) is 0. The summed E-state index contributed by atoms with van der Waals surface area (Å²) in [5, 5.41) is 7.57. The van der Waals surface area contributed by atoms with Gasteiger partial charge >= 0.3 is 0 Å². The number of rotatable bonds is 9. The number of nitrogens with zero attached hydrogens (tertiary/aromatic N) is 3. The minimum Gasteiger partial charge on any atom is -0.310 e. The van der Waals surface area contributed by atoms with E-state index in [0.717, 1.165) is 45.4 Å². The van der Waals surface area contributed by atoms with Gasteiger partial charge in [-0.3, -0.25) is 0 Å². The molecule has 0 aliphatic heterocycles. The van der Waals surface area contributed by atoms with E-state index < -0.39 is 0 Å². The monoisotopic (exact) mass is 941 g/mol. The van der Waals surface area contributed by atoms with Crippen molar-refractivity contribution in [1.82, 2.24) is 4.57 Å². The van der Waals surface area contributed by atoms with Crippen LogP contribution < -0.4 is 9.80 Å². The molecule has 0 radical (unpaired) electrons. The first kappa shape index (κ1) is 41.3. The van der Waals surface area contributed by atoms with Gasteiger partial charge in [0, 0.05) is 96.5 Å². The van der Waals surface area contributed by atoms with Crippen molar-refractivity contribution in [2.45, 2.75) is 0 Å². The molecule has 334 valence electrons. The summed E-state index contributed by atoms with van der Waals surface area (Å²) in [6, 6.07) is 95.5. The van der Waals surface area contributed by atoms with Gasteiger partial charge in [-0.05, 0) is 120 Å². The quantitative estimate of drug-likeness (QED) is 0.143. The lowest BCUT2D eigenvalue weighted by atomic mass is 9.97. The molecule has 3 heterocycles. The van der Waals surface area contributed by atoms with Crippen LogP contribution in [-0.4, -0.2) is 4.57 Å². The van der Waals surface area contributed by atoms with Crippen LogP contribution in [0.25, 0.3) is 90.1 Å². The zero-order valence-electron chi connectivity index (χ0n) is 38.5. The third-order valence-corrected chi connectivity index (χ3v) is 16.2. The van der Waals surface area contributed by atoms with Gasteiger partial charge in [-0.25, -0.2) is 0 Å². The topological polar surface area (TPSA) is 11.4 Å². The fourth-order valence-corrected chi connectivity index (χ4v) is 13.1. The lowest BCUT2D eigenvalue weighted by molar-refractivity contribution is 1.19. The Hall–Kier alpha value is -8.74. The van der Waals surface area contributed by atoms with E-state index in [0.29, 0.717) is 0 Å². The number of para-hydroxylation sites is 4. The molecule has 0 saturated carbocycles. The molecular formula is C66H43N3S2. The maximum absolute atomic E-state index is 2.48. The molecule has 0 amide bonds. The van der Waals surface area contributed by atoms with Gasteiger partial charge in [-0.2, -0.15) is 0 Å². The zero-order chi connectivity index (χ0) is 46.8. The first-order chi connectivity index (χ1) is 35.2. The van der Waals surface area contributed by atoms with Crippen molar-refractivity contribution < 1.29 is 0 Å². The molecule has 71 heavy (non-hydrogen) atoms. The maximum Gasteiger partial charge on any atom is 0.0634 e. The van der Waals surface area contributed by atoms with Gasteiger partial charge in [0.15, 0.2) is 0 Å². The Morgan fingerprint density at radius 2 is 0.803 bits per heavy atom. The number of benzene rings is 11. The van der Waals surface area contributed by atoms with E-state index in [4.69, 9.17) is 0 Å². The third-order valence-electron chi connectivity index (χ3n) is 13.9. The van der Waals surface area contributed by atoms with E-state index >= 15 is 0 Å². The average Bonchev–Trinajstić information content (AvgIpc) is 4.12. The maximum atomic E-state index is 2.48. The highest BCUT2D eigenvalue weighted by Crippen LogP contribution is 2.51. The number of fused-ring (bicyclic) bond motifs is 10. The Labute approximate surface area is 419 Å². The molecule has 0 atom stereocenters. The van der Waals surface area contributed by atoms with Crippen LogP contribution in [0.4, 0.5) is 34.1 Å². The number of aromatic nitrogens is 1. The summed E-state index contributed by atoms with van der Waals surface area (Å²) in [5.41, 5.74) is 14.7. The van der Waals surface area contributed by atoms with Crippen molar-refractivity contribution in [3.8, 4) is 27.9 Å². The summed E-state index contributed by atoms with van der Waals surface area (Å²) in [7, 11) is 0. The van der Waals surface area contributed by atoms with Crippen LogP contribution in [-0.2, 0) is 0 Å². The minimum absolute atomic E-state index is 1.06. The normalized spacial score (nSPS) is 11.7. The number of hydrogen-bond acceptors (Lipinski definition) is 4. The molecule has 0 saturated heterocycles. The molecule has 0 unspecified atom stereocenters. The van der Waals surface area contributed by atoms with E-state index in [1.54, 1.807) is 0 Å². The van der Waals surface area contributed by atoms with Crippen molar-refractivity contribution in [2.75, 3.05) is 9.80 Å². The lowest BCUT2D eigenvalue weighted by Crippen LogP contribution is -2.13. The van der Waals surface area contributed by atoms with Crippen molar-refractivity contribution >= 4 is 119 Å². The van der Waals surface area contributed by atoms with Crippen LogP contribution in [0.15, 0.2) is 261 Å². The van der Waals surface area contributed by atoms with Crippen LogP contribution in [0.3, 0.4) is 0 Å². The Bertz CT molecular complexity index is 4270. The molecule has 0 fully saturated rings. The highest BCUT2D eigenvalue weighted by Gasteiger charge is 2.25. The van der Waals surface area contributed by atoms with E-state index in [-0.39, 0.29) is 0 Å². The summed E-state index contributed by atoms with van der Waals surface area (Å²) in [6.45, 7) is 0. The number of hydrogen-bond donors (Lipinski definition) is 0. The molecule has 3 aromatic heterocycles.